The van der Waals surface area contributed by atoms with Gasteiger partial charge in [0.1, 0.15) is 11.9 Å². The Bertz CT molecular complexity index is 840. The lowest BCUT2D eigenvalue weighted by Gasteiger charge is -2.22. The maximum absolute atomic E-state index is 14.1. The van der Waals surface area contributed by atoms with Crippen LogP contribution in [0, 0.1) is 17.1 Å². The summed E-state index contributed by atoms with van der Waals surface area (Å²) < 4.78 is 19.5. The van der Waals surface area contributed by atoms with Crippen molar-refractivity contribution < 1.29 is 14.0 Å². The quantitative estimate of drug-likeness (QED) is 0.393. The van der Waals surface area contributed by atoms with Crippen LogP contribution in [0.3, 0.4) is 0 Å². The summed E-state index contributed by atoms with van der Waals surface area (Å²) in [4.78, 5) is 6.80. The van der Waals surface area contributed by atoms with E-state index in [9.17, 15) is 4.39 Å². The number of halogens is 1. The van der Waals surface area contributed by atoms with E-state index in [1.807, 2.05) is 37.3 Å². The standard InChI is InChI=1S/C21H21FN2O2S/c1-15(24-26-11-8-23)16-2-4-20(5-3-16)27-21-13-18(12-19(22)14-21)17-6-9-25-10-7-17/h2-5,12-14,17H,6-7,9-11H2,1H3/b24-15+. The summed E-state index contributed by atoms with van der Waals surface area (Å²) in [5.41, 5.74) is 2.67. The van der Waals surface area contributed by atoms with E-state index in [4.69, 9.17) is 14.8 Å². The number of oxime groups is 1. The van der Waals surface area contributed by atoms with E-state index >= 15 is 0 Å². The van der Waals surface area contributed by atoms with E-state index in [0.717, 1.165) is 47.0 Å². The van der Waals surface area contributed by atoms with E-state index in [1.165, 1.54) is 11.8 Å². The summed E-state index contributed by atoms with van der Waals surface area (Å²) in [5, 5.41) is 12.4. The molecule has 0 bridgehead atoms. The molecule has 6 heteroatoms. The number of ether oxygens (including phenoxy) is 1. The number of hydrogen-bond acceptors (Lipinski definition) is 5. The maximum atomic E-state index is 14.1. The van der Waals surface area contributed by atoms with Crippen LogP contribution in [0.5, 0.6) is 0 Å². The minimum atomic E-state index is -0.198. The second-order valence-corrected chi connectivity index (χ2v) is 7.49. The molecule has 0 radical (unpaired) electrons. The molecule has 0 aromatic heterocycles. The maximum Gasteiger partial charge on any atom is 0.202 e. The Labute approximate surface area is 163 Å². The van der Waals surface area contributed by atoms with Gasteiger partial charge in [-0.15, -0.1) is 0 Å². The number of rotatable bonds is 6. The van der Waals surface area contributed by atoms with Gasteiger partial charge in [0.25, 0.3) is 0 Å². The number of benzene rings is 2. The van der Waals surface area contributed by atoms with Crippen molar-refractivity contribution in [1.29, 1.82) is 5.26 Å². The van der Waals surface area contributed by atoms with E-state index in [0.29, 0.717) is 11.6 Å². The Hall–Kier alpha value is -2.36. The first-order valence-corrected chi connectivity index (χ1v) is 9.67. The Balaban J connectivity index is 1.70. The summed E-state index contributed by atoms with van der Waals surface area (Å²) >= 11 is 1.54. The van der Waals surface area contributed by atoms with Crippen molar-refractivity contribution in [3.05, 3.63) is 59.4 Å². The van der Waals surface area contributed by atoms with Crippen LogP contribution in [0.4, 0.5) is 4.39 Å². The van der Waals surface area contributed by atoms with E-state index in [2.05, 4.69) is 11.2 Å². The molecule has 0 amide bonds. The van der Waals surface area contributed by atoms with Crippen molar-refractivity contribution in [2.45, 2.75) is 35.5 Å². The Morgan fingerprint density at radius 2 is 1.96 bits per heavy atom. The molecule has 1 aliphatic heterocycles. The van der Waals surface area contributed by atoms with Crippen LogP contribution in [0.25, 0.3) is 0 Å². The fraction of sp³-hybridized carbons (Fsp3) is 0.333. The molecule has 0 aliphatic carbocycles. The van der Waals surface area contributed by atoms with Gasteiger partial charge in [0, 0.05) is 23.0 Å². The third-order valence-corrected chi connectivity index (χ3v) is 5.40. The predicted octanol–water partition coefficient (Wildman–Crippen LogP) is 5.14. The Morgan fingerprint density at radius 3 is 2.67 bits per heavy atom. The van der Waals surface area contributed by atoms with Crippen molar-refractivity contribution in [2.24, 2.45) is 5.16 Å². The molecule has 2 aromatic rings. The fourth-order valence-corrected chi connectivity index (χ4v) is 3.93. The van der Waals surface area contributed by atoms with Gasteiger partial charge in [0.05, 0.1) is 5.71 Å². The molecule has 0 unspecified atom stereocenters. The lowest BCUT2D eigenvalue weighted by molar-refractivity contribution is 0.0852. The van der Waals surface area contributed by atoms with Gasteiger partial charge in [0.2, 0.25) is 6.61 Å². The zero-order valence-corrected chi connectivity index (χ0v) is 16.0. The van der Waals surface area contributed by atoms with Gasteiger partial charge in [-0.1, -0.05) is 29.1 Å². The second-order valence-electron chi connectivity index (χ2n) is 6.34. The molecule has 3 rings (SSSR count). The van der Waals surface area contributed by atoms with Gasteiger partial charge >= 0.3 is 0 Å². The highest BCUT2D eigenvalue weighted by atomic mass is 32.2. The number of hydrogen-bond donors (Lipinski definition) is 0. The molecule has 0 saturated carbocycles. The van der Waals surface area contributed by atoms with Crippen LogP contribution in [0.1, 0.15) is 36.8 Å². The molecular weight excluding hydrogens is 363 g/mol. The molecule has 1 heterocycles. The zero-order valence-electron chi connectivity index (χ0n) is 15.2. The van der Waals surface area contributed by atoms with Crippen LogP contribution in [-0.2, 0) is 9.57 Å². The highest BCUT2D eigenvalue weighted by Crippen LogP contribution is 2.34. The van der Waals surface area contributed by atoms with Gasteiger partial charge < -0.3 is 9.57 Å². The van der Waals surface area contributed by atoms with Crippen molar-refractivity contribution >= 4 is 17.5 Å². The average molecular weight is 384 g/mol. The summed E-state index contributed by atoms with van der Waals surface area (Å²) in [6.07, 6.45) is 1.88. The molecule has 1 aliphatic rings. The predicted molar refractivity (Wildman–Crippen MR) is 104 cm³/mol. The summed E-state index contributed by atoms with van der Waals surface area (Å²) in [6.45, 7) is 3.24. The summed E-state index contributed by atoms with van der Waals surface area (Å²) in [5.74, 6) is 0.166. The normalized spacial score (nSPS) is 15.4. The first-order valence-electron chi connectivity index (χ1n) is 8.86. The van der Waals surface area contributed by atoms with Gasteiger partial charge in [-0.25, -0.2) is 4.39 Å². The van der Waals surface area contributed by atoms with Crippen molar-refractivity contribution in [2.75, 3.05) is 19.8 Å². The third kappa shape index (κ3) is 5.56. The van der Waals surface area contributed by atoms with E-state index < -0.39 is 0 Å². The van der Waals surface area contributed by atoms with Gasteiger partial charge in [0.15, 0.2) is 0 Å². The highest BCUT2D eigenvalue weighted by Gasteiger charge is 2.17. The summed E-state index contributed by atoms with van der Waals surface area (Å²) in [6, 6.07) is 15.0. The van der Waals surface area contributed by atoms with Gasteiger partial charge in [-0.05, 0) is 67.1 Å². The molecular formula is C21H21FN2O2S. The van der Waals surface area contributed by atoms with Crippen LogP contribution in [0.2, 0.25) is 0 Å². The Kier molecular flexibility index (Phi) is 6.86. The smallest absolute Gasteiger partial charge is 0.202 e. The van der Waals surface area contributed by atoms with Crippen LogP contribution in [0.15, 0.2) is 57.4 Å². The van der Waals surface area contributed by atoms with Crippen LogP contribution >= 0.6 is 11.8 Å². The van der Waals surface area contributed by atoms with Crippen molar-refractivity contribution in [3.63, 3.8) is 0 Å². The molecule has 0 N–H and O–H groups in total. The van der Waals surface area contributed by atoms with Crippen molar-refractivity contribution in [3.8, 4) is 6.07 Å². The fourth-order valence-electron chi connectivity index (χ4n) is 3.02. The molecule has 0 atom stereocenters. The van der Waals surface area contributed by atoms with Crippen molar-refractivity contribution in [1.82, 2.24) is 0 Å². The zero-order chi connectivity index (χ0) is 19.1. The van der Waals surface area contributed by atoms with E-state index in [-0.39, 0.29) is 12.4 Å². The molecule has 27 heavy (non-hydrogen) atoms. The lowest BCUT2D eigenvalue weighted by Crippen LogP contribution is -2.14. The van der Waals surface area contributed by atoms with Crippen LogP contribution < -0.4 is 0 Å². The Morgan fingerprint density at radius 1 is 1.22 bits per heavy atom. The summed E-state index contributed by atoms with van der Waals surface area (Å²) in [7, 11) is 0. The molecule has 2 aromatic carbocycles. The SMILES string of the molecule is C/C(=N\OCC#N)c1ccc(Sc2cc(F)cc(C3CCOCC3)c2)cc1. The number of nitriles is 1. The largest absolute Gasteiger partial charge is 0.381 e. The first-order chi connectivity index (χ1) is 13.2. The van der Waals surface area contributed by atoms with E-state index in [1.54, 1.807) is 12.1 Å². The number of nitrogens with zero attached hydrogens (tertiary/aromatic N) is 2. The minimum Gasteiger partial charge on any atom is -0.381 e. The average Bonchev–Trinajstić information content (AvgIpc) is 2.69. The van der Waals surface area contributed by atoms with Gasteiger partial charge in [-0.2, -0.15) is 5.26 Å². The third-order valence-electron chi connectivity index (χ3n) is 4.42. The van der Waals surface area contributed by atoms with Gasteiger partial charge in [-0.3, -0.25) is 0 Å². The lowest BCUT2D eigenvalue weighted by atomic mass is 9.92. The molecule has 4 nitrogen and oxygen atoms in total. The first kappa shape index (κ1) is 19.4. The van der Waals surface area contributed by atoms with Crippen LogP contribution in [-0.4, -0.2) is 25.5 Å². The highest BCUT2D eigenvalue weighted by molar-refractivity contribution is 7.99. The topological polar surface area (TPSA) is 54.6 Å². The molecule has 140 valence electrons. The minimum absolute atomic E-state index is 0.0691. The molecule has 0 spiro atoms. The second kappa shape index (κ2) is 9.54. The monoisotopic (exact) mass is 384 g/mol. The molecule has 1 saturated heterocycles. The molecule has 1 fully saturated rings.